The van der Waals surface area contributed by atoms with Crippen LogP contribution in [0.15, 0.2) is 0 Å². The van der Waals surface area contributed by atoms with E-state index in [4.69, 9.17) is 9.47 Å². The third-order valence-corrected chi connectivity index (χ3v) is 5.31. The highest BCUT2D eigenvalue weighted by Gasteiger charge is 2.04. The molecule has 0 aromatic heterocycles. The second-order valence-corrected chi connectivity index (χ2v) is 8.14. The van der Waals surface area contributed by atoms with E-state index in [1.807, 2.05) is 0 Å². The average Bonchev–Trinajstić information content (AvgIpc) is 2.69. The van der Waals surface area contributed by atoms with Gasteiger partial charge in [-0.05, 0) is 38.5 Å². The summed E-state index contributed by atoms with van der Waals surface area (Å²) in [5, 5.41) is 9.95. The number of aliphatic hydroxyl groups excluding tert-OH is 1. The molecule has 1 atom stereocenters. The largest absolute Gasteiger partial charge is 0.466 e. The molecule has 0 aromatic carbocycles. The minimum atomic E-state index is -0.0815. The molecule has 0 amide bonds. The zero-order valence-electron chi connectivity index (χ0n) is 18.9. The number of carbonyl (C=O) groups excluding carboxylic acids is 1. The topological polar surface area (TPSA) is 55.8 Å². The Kier molecular flexibility index (Phi) is 22.2. The predicted molar refractivity (Wildman–Crippen MR) is 118 cm³/mol. The van der Waals surface area contributed by atoms with E-state index in [0.717, 1.165) is 58.0 Å². The third-order valence-electron chi connectivity index (χ3n) is 5.31. The van der Waals surface area contributed by atoms with Crippen LogP contribution < -0.4 is 0 Å². The van der Waals surface area contributed by atoms with Gasteiger partial charge in [0.25, 0.3) is 0 Å². The van der Waals surface area contributed by atoms with Gasteiger partial charge in [0, 0.05) is 20.1 Å². The molecule has 0 heterocycles. The molecule has 0 saturated heterocycles. The third kappa shape index (κ3) is 21.7. The summed E-state index contributed by atoms with van der Waals surface area (Å²) in [4.78, 5) is 11.6. The van der Waals surface area contributed by atoms with Crippen molar-refractivity contribution in [3.05, 3.63) is 0 Å². The number of methoxy groups -OCH3 is 1. The zero-order valence-corrected chi connectivity index (χ0v) is 18.9. The second-order valence-electron chi connectivity index (χ2n) is 8.14. The van der Waals surface area contributed by atoms with Crippen LogP contribution >= 0.6 is 0 Å². The van der Waals surface area contributed by atoms with Crippen molar-refractivity contribution in [2.24, 2.45) is 0 Å². The number of aliphatic hydroxyl groups is 1. The molecule has 0 bridgehead atoms. The molecule has 0 radical (unpaired) electrons. The normalized spacial score (nSPS) is 12.2. The average molecular weight is 401 g/mol. The van der Waals surface area contributed by atoms with Crippen molar-refractivity contribution in [3.8, 4) is 0 Å². The van der Waals surface area contributed by atoms with Crippen molar-refractivity contribution in [2.75, 3.05) is 20.3 Å². The van der Waals surface area contributed by atoms with Gasteiger partial charge in [0.2, 0.25) is 0 Å². The van der Waals surface area contributed by atoms with Gasteiger partial charge in [-0.2, -0.15) is 0 Å². The number of esters is 1. The van der Waals surface area contributed by atoms with Gasteiger partial charge < -0.3 is 14.6 Å². The Hall–Kier alpha value is -0.610. The summed E-state index contributed by atoms with van der Waals surface area (Å²) in [7, 11) is 1.71. The van der Waals surface area contributed by atoms with Crippen LogP contribution in [0, 0.1) is 0 Å². The van der Waals surface area contributed by atoms with E-state index in [1.54, 1.807) is 7.11 Å². The molecule has 0 aliphatic heterocycles. The molecular formula is C24H48O4. The van der Waals surface area contributed by atoms with E-state index < -0.39 is 0 Å². The quantitative estimate of drug-likeness (QED) is 0.165. The lowest BCUT2D eigenvalue weighted by atomic mass is 10.0. The minimum Gasteiger partial charge on any atom is -0.466 e. The summed E-state index contributed by atoms with van der Waals surface area (Å²) >= 11 is 0. The van der Waals surface area contributed by atoms with E-state index in [9.17, 15) is 9.90 Å². The highest BCUT2D eigenvalue weighted by atomic mass is 16.5. The van der Waals surface area contributed by atoms with Crippen molar-refractivity contribution in [3.63, 3.8) is 0 Å². The zero-order chi connectivity index (χ0) is 20.7. The lowest BCUT2D eigenvalue weighted by Gasteiger charge is -2.10. The Labute approximate surface area is 174 Å². The van der Waals surface area contributed by atoms with Crippen molar-refractivity contribution in [1.82, 2.24) is 0 Å². The molecule has 0 saturated carbocycles. The molecule has 0 aliphatic carbocycles. The highest BCUT2D eigenvalue weighted by Crippen LogP contribution is 2.14. The van der Waals surface area contributed by atoms with E-state index in [2.05, 4.69) is 6.92 Å². The fourth-order valence-electron chi connectivity index (χ4n) is 3.44. The van der Waals surface area contributed by atoms with Crippen LogP contribution in [-0.2, 0) is 14.3 Å². The van der Waals surface area contributed by atoms with Crippen molar-refractivity contribution >= 4 is 5.97 Å². The number of rotatable bonds is 22. The summed E-state index contributed by atoms with van der Waals surface area (Å²) in [6.45, 7) is 3.56. The number of hydrogen-bond donors (Lipinski definition) is 1. The maximum Gasteiger partial charge on any atom is 0.305 e. The second kappa shape index (κ2) is 22.7. The van der Waals surface area contributed by atoms with Crippen LogP contribution in [0.2, 0.25) is 0 Å². The van der Waals surface area contributed by atoms with E-state index in [0.29, 0.717) is 13.0 Å². The highest BCUT2D eigenvalue weighted by molar-refractivity contribution is 5.69. The van der Waals surface area contributed by atoms with Crippen LogP contribution in [0.3, 0.4) is 0 Å². The van der Waals surface area contributed by atoms with Gasteiger partial charge in [0.1, 0.15) is 0 Å². The van der Waals surface area contributed by atoms with Gasteiger partial charge in [-0.1, -0.05) is 77.6 Å². The molecule has 1 N–H and O–H groups in total. The van der Waals surface area contributed by atoms with Crippen LogP contribution in [0.25, 0.3) is 0 Å². The number of carbonyl (C=O) groups is 1. The summed E-state index contributed by atoms with van der Waals surface area (Å²) < 4.78 is 10.2. The summed E-state index contributed by atoms with van der Waals surface area (Å²) in [6.07, 6.45) is 20.0. The number of unbranched alkanes of at least 4 members (excludes halogenated alkanes) is 12. The maximum atomic E-state index is 11.6. The maximum absolute atomic E-state index is 11.6. The Morgan fingerprint density at radius 3 is 1.82 bits per heavy atom. The molecule has 168 valence electrons. The van der Waals surface area contributed by atoms with Gasteiger partial charge in [-0.15, -0.1) is 0 Å². The van der Waals surface area contributed by atoms with Crippen LogP contribution in [0.5, 0.6) is 0 Å². The first-order chi connectivity index (χ1) is 13.7. The molecule has 0 aromatic rings. The Balaban J connectivity index is 3.21. The molecular weight excluding hydrogens is 352 g/mol. The standard InChI is InChI=1S/C24H48O4/c1-3-4-5-13-18-23(25)19-14-10-8-6-7-9-11-15-20-24(26)28-22-17-12-16-21-27-2/h23,25H,3-22H2,1-2H3. The van der Waals surface area contributed by atoms with E-state index >= 15 is 0 Å². The van der Waals surface area contributed by atoms with Gasteiger partial charge in [-0.25, -0.2) is 0 Å². The molecule has 4 heteroatoms. The monoisotopic (exact) mass is 400 g/mol. The van der Waals surface area contributed by atoms with Crippen LogP contribution in [0.4, 0.5) is 0 Å². The van der Waals surface area contributed by atoms with Crippen LogP contribution in [-0.4, -0.2) is 37.5 Å². The van der Waals surface area contributed by atoms with E-state index in [1.165, 1.54) is 57.8 Å². The molecule has 0 rings (SSSR count). The first-order valence-corrected chi connectivity index (χ1v) is 12.0. The fraction of sp³-hybridized carbons (Fsp3) is 0.958. The first kappa shape index (κ1) is 27.4. The lowest BCUT2D eigenvalue weighted by molar-refractivity contribution is -0.143. The molecule has 0 spiro atoms. The molecule has 0 aliphatic rings. The summed E-state index contributed by atoms with van der Waals surface area (Å²) in [6, 6.07) is 0. The van der Waals surface area contributed by atoms with Crippen molar-refractivity contribution in [2.45, 2.75) is 129 Å². The van der Waals surface area contributed by atoms with Crippen molar-refractivity contribution in [1.29, 1.82) is 0 Å². The summed E-state index contributed by atoms with van der Waals surface area (Å²) in [5.41, 5.74) is 0. The summed E-state index contributed by atoms with van der Waals surface area (Å²) in [5.74, 6) is -0.0417. The SMILES string of the molecule is CCCCCCC(O)CCCCCCCCCCC(=O)OCCCCCOC. The lowest BCUT2D eigenvalue weighted by Crippen LogP contribution is -2.06. The van der Waals surface area contributed by atoms with Gasteiger partial charge >= 0.3 is 5.97 Å². The van der Waals surface area contributed by atoms with Gasteiger partial charge in [-0.3, -0.25) is 4.79 Å². The van der Waals surface area contributed by atoms with Gasteiger partial charge in [0.15, 0.2) is 0 Å². The van der Waals surface area contributed by atoms with Crippen molar-refractivity contribution < 1.29 is 19.4 Å². The number of hydrogen-bond acceptors (Lipinski definition) is 4. The molecule has 28 heavy (non-hydrogen) atoms. The van der Waals surface area contributed by atoms with Gasteiger partial charge in [0.05, 0.1) is 12.7 Å². The minimum absolute atomic E-state index is 0.0417. The Morgan fingerprint density at radius 2 is 1.21 bits per heavy atom. The number of ether oxygens (including phenoxy) is 2. The van der Waals surface area contributed by atoms with E-state index in [-0.39, 0.29) is 12.1 Å². The molecule has 0 fully saturated rings. The Bertz CT molecular complexity index is 320. The smallest absolute Gasteiger partial charge is 0.305 e. The molecule has 4 nitrogen and oxygen atoms in total. The Morgan fingerprint density at radius 1 is 0.714 bits per heavy atom. The fourth-order valence-corrected chi connectivity index (χ4v) is 3.44. The first-order valence-electron chi connectivity index (χ1n) is 12.0. The van der Waals surface area contributed by atoms with Crippen LogP contribution in [0.1, 0.15) is 122 Å². The predicted octanol–water partition coefficient (Wildman–Crippen LogP) is 6.58. The molecule has 1 unspecified atom stereocenters.